The first-order valence-corrected chi connectivity index (χ1v) is 7.55. The van der Waals surface area contributed by atoms with Crippen LogP contribution in [-0.4, -0.2) is 27.4 Å². The molecule has 1 amide bonds. The number of hydrogen-bond acceptors (Lipinski definition) is 4. The van der Waals surface area contributed by atoms with Gasteiger partial charge in [0.05, 0.1) is 5.69 Å². The van der Waals surface area contributed by atoms with Crippen molar-refractivity contribution in [2.24, 2.45) is 5.41 Å². The molecule has 0 saturated carbocycles. The summed E-state index contributed by atoms with van der Waals surface area (Å²) < 4.78 is 3.85. The van der Waals surface area contributed by atoms with Gasteiger partial charge in [0.25, 0.3) is 5.91 Å². The summed E-state index contributed by atoms with van der Waals surface area (Å²) in [6.45, 7) is 6.90. The Morgan fingerprint density at radius 3 is 2.82 bits per heavy atom. The normalized spacial score (nSPS) is 11.5. The maximum Gasteiger partial charge on any atom is 0.264 e. The Bertz CT molecular complexity index is 379. The van der Waals surface area contributed by atoms with E-state index in [1.807, 2.05) is 0 Å². The number of carbonyl (C=O) groups excluding carboxylic acids is 1. The van der Waals surface area contributed by atoms with Crippen LogP contribution in [0.5, 0.6) is 0 Å². The van der Waals surface area contributed by atoms with Crippen LogP contribution >= 0.6 is 27.5 Å². The Kier molecular flexibility index (Phi) is 5.52. The van der Waals surface area contributed by atoms with Crippen molar-refractivity contribution in [3.05, 3.63) is 10.6 Å². The minimum Gasteiger partial charge on any atom is -0.351 e. The van der Waals surface area contributed by atoms with E-state index in [1.165, 1.54) is 11.5 Å². The Balaban J connectivity index is 2.61. The molecule has 0 atom stereocenters. The molecule has 0 aliphatic rings. The van der Waals surface area contributed by atoms with Gasteiger partial charge in [0, 0.05) is 11.9 Å². The zero-order chi connectivity index (χ0) is 12.9. The Labute approximate surface area is 114 Å². The largest absolute Gasteiger partial charge is 0.351 e. The highest BCUT2D eigenvalue weighted by Crippen LogP contribution is 2.17. The lowest BCUT2D eigenvalue weighted by molar-refractivity contribution is 0.0943. The van der Waals surface area contributed by atoms with Crippen LogP contribution in [0.4, 0.5) is 0 Å². The topological polar surface area (TPSA) is 54.9 Å². The average Bonchev–Trinajstić information content (AvgIpc) is 2.75. The third kappa shape index (κ3) is 4.35. The van der Waals surface area contributed by atoms with Gasteiger partial charge in [-0.15, -0.1) is 5.10 Å². The molecule has 1 heterocycles. The fraction of sp³-hybridized carbons (Fsp3) is 0.727. The quantitative estimate of drug-likeness (QED) is 0.820. The molecule has 1 rings (SSSR count). The van der Waals surface area contributed by atoms with Gasteiger partial charge in [-0.25, -0.2) is 0 Å². The lowest BCUT2D eigenvalue weighted by atomic mass is 9.97. The lowest BCUT2D eigenvalue weighted by Gasteiger charge is -2.21. The summed E-state index contributed by atoms with van der Waals surface area (Å²) in [6.07, 6.45) is 1.78. The number of carbonyl (C=O) groups is 1. The van der Waals surface area contributed by atoms with Crippen molar-refractivity contribution in [1.82, 2.24) is 14.9 Å². The first kappa shape index (κ1) is 14.6. The van der Waals surface area contributed by atoms with Gasteiger partial charge in [-0.05, 0) is 23.4 Å². The molecule has 0 radical (unpaired) electrons. The van der Waals surface area contributed by atoms with Crippen LogP contribution in [0.25, 0.3) is 0 Å². The summed E-state index contributed by atoms with van der Waals surface area (Å²) in [5.74, 6) is -0.0579. The van der Waals surface area contributed by atoms with Gasteiger partial charge in [0.1, 0.15) is 4.88 Å². The number of amides is 1. The Morgan fingerprint density at radius 1 is 1.53 bits per heavy atom. The number of hydrogen-bond donors (Lipinski definition) is 1. The van der Waals surface area contributed by atoms with Crippen LogP contribution in [0, 0.1) is 5.41 Å². The molecule has 0 spiro atoms. The molecule has 4 nitrogen and oxygen atoms in total. The van der Waals surface area contributed by atoms with Gasteiger partial charge >= 0.3 is 0 Å². The van der Waals surface area contributed by atoms with Crippen molar-refractivity contribution < 1.29 is 4.79 Å². The van der Waals surface area contributed by atoms with Crippen molar-refractivity contribution in [1.29, 1.82) is 0 Å². The number of halogens is 1. The maximum absolute atomic E-state index is 12.0. The minimum atomic E-state index is -0.0579. The van der Waals surface area contributed by atoms with E-state index in [4.69, 9.17) is 0 Å². The maximum atomic E-state index is 12.0. The van der Waals surface area contributed by atoms with Gasteiger partial charge in [0.2, 0.25) is 0 Å². The van der Waals surface area contributed by atoms with E-state index in [0.29, 0.717) is 11.4 Å². The Morgan fingerprint density at radius 2 is 2.24 bits per heavy atom. The second kappa shape index (κ2) is 6.44. The van der Waals surface area contributed by atoms with Crippen LogP contribution in [0.1, 0.15) is 42.6 Å². The molecule has 6 heteroatoms. The molecule has 0 aromatic carbocycles. The monoisotopic (exact) mass is 319 g/mol. The fourth-order valence-corrected chi connectivity index (χ4v) is 2.05. The molecule has 0 fully saturated rings. The van der Waals surface area contributed by atoms with E-state index < -0.39 is 0 Å². The minimum absolute atomic E-state index is 0.0543. The Hall–Kier alpha value is -0.490. The fourth-order valence-electron chi connectivity index (χ4n) is 1.23. The molecule has 96 valence electrons. The molecular weight excluding hydrogens is 302 g/mol. The summed E-state index contributed by atoms with van der Waals surface area (Å²) in [5, 5.41) is 7.78. The zero-order valence-corrected chi connectivity index (χ0v) is 12.8. The van der Waals surface area contributed by atoms with Crippen molar-refractivity contribution >= 4 is 33.4 Å². The summed E-state index contributed by atoms with van der Waals surface area (Å²) in [5.41, 5.74) is 0.866. The van der Waals surface area contributed by atoms with Gasteiger partial charge in [-0.1, -0.05) is 47.6 Å². The van der Waals surface area contributed by atoms with Gasteiger partial charge < -0.3 is 5.32 Å². The third-order valence-corrected chi connectivity index (χ3v) is 4.62. The molecular formula is C11H18BrN3OS. The van der Waals surface area contributed by atoms with Gasteiger partial charge in [-0.2, -0.15) is 0 Å². The number of aryl methyl sites for hydroxylation is 1. The number of nitrogens with one attached hydrogen (secondary N) is 1. The summed E-state index contributed by atoms with van der Waals surface area (Å²) >= 11 is 4.61. The van der Waals surface area contributed by atoms with Gasteiger partial charge in [0.15, 0.2) is 0 Å². The molecule has 0 aliphatic heterocycles. The highest BCUT2D eigenvalue weighted by atomic mass is 79.9. The summed E-state index contributed by atoms with van der Waals surface area (Å²) in [7, 11) is 0. The van der Waals surface area contributed by atoms with Crippen LogP contribution in [0.2, 0.25) is 0 Å². The molecule has 0 saturated heterocycles. The number of alkyl halides is 1. The van der Waals surface area contributed by atoms with Crippen molar-refractivity contribution in [2.75, 3.05) is 11.9 Å². The highest BCUT2D eigenvalue weighted by molar-refractivity contribution is 9.09. The van der Waals surface area contributed by atoms with Crippen LogP contribution in [0.3, 0.4) is 0 Å². The number of rotatable bonds is 6. The molecule has 1 aromatic heterocycles. The molecule has 0 bridgehead atoms. The molecule has 17 heavy (non-hydrogen) atoms. The lowest BCUT2D eigenvalue weighted by Crippen LogP contribution is -2.34. The molecule has 1 aromatic rings. The van der Waals surface area contributed by atoms with E-state index in [1.54, 1.807) is 0 Å². The number of nitrogens with zero attached hydrogens (tertiary/aromatic N) is 2. The zero-order valence-electron chi connectivity index (χ0n) is 10.4. The van der Waals surface area contributed by atoms with E-state index >= 15 is 0 Å². The SMILES string of the molecule is CCCc1nnsc1C(=O)NCC(C)(C)CBr. The molecule has 0 unspecified atom stereocenters. The van der Waals surface area contributed by atoms with E-state index in [2.05, 4.69) is 51.6 Å². The first-order chi connectivity index (χ1) is 8.00. The third-order valence-electron chi connectivity index (χ3n) is 2.34. The summed E-state index contributed by atoms with van der Waals surface area (Å²) in [6, 6.07) is 0. The summed E-state index contributed by atoms with van der Waals surface area (Å²) in [4.78, 5) is 12.6. The van der Waals surface area contributed by atoms with Crippen molar-refractivity contribution in [2.45, 2.75) is 33.6 Å². The predicted molar refractivity (Wildman–Crippen MR) is 73.8 cm³/mol. The van der Waals surface area contributed by atoms with Crippen LogP contribution in [0.15, 0.2) is 0 Å². The van der Waals surface area contributed by atoms with E-state index in [9.17, 15) is 4.79 Å². The van der Waals surface area contributed by atoms with Crippen LogP contribution < -0.4 is 5.32 Å². The highest BCUT2D eigenvalue weighted by Gasteiger charge is 2.20. The van der Waals surface area contributed by atoms with Crippen LogP contribution in [-0.2, 0) is 6.42 Å². The smallest absolute Gasteiger partial charge is 0.264 e. The standard InChI is InChI=1S/C11H18BrN3OS/c1-4-5-8-9(17-15-14-8)10(16)13-7-11(2,3)6-12/h4-7H2,1-3H3,(H,13,16). The van der Waals surface area contributed by atoms with Crippen molar-refractivity contribution in [3.8, 4) is 0 Å². The molecule has 0 aliphatic carbocycles. The van der Waals surface area contributed by atoms with Crippen molar-refractivity contribution in [3.63, 3.8) is 0 Å². The average molecular weight is 320 g/mol. The second-order valence-electron chi connectivity index (χ2n) is 4.78. The first-order valence-electron chi connectivity index (χ1n) is 5.65. The van der Waals surface area contributed by atoms with Gasteiger partial charge in [-0.3, -0.25) is 4.79 Å². The van der Waals surface area contributed by atoms with E-state index in [-0.39, 0.29) is 11.3 Å². The predicted octanol–water partition coefficient (Wildman–Crippen LogP) is 2.64. The molecule has 1 N–H and O–H groups in total. The number of aromatic nitrogens is 2. The second-order valence-corrected chi connectivity index (χ2v) is 6.09. The van der Waals surface area contributed by atoms with E-state index in [0.717, 1.165) is 23.9 Å².